The van der Waals surface area contributed by atoms with Crippen molar-refractivity contribution in [1.29, 1.82) is 5.26 Å². The minimum Gasteiger partial charge on any atom is -0.354 e. The first-order valence-electron chi connectivity index (χ1n) is 5.94. The van der Waals surface area contributed by atoms with Gasteiger partial charge in [0.2, 0.25) is 0 Å². The monoisotopic (exact) mass is 324 g/mol. The molecule has 1 N–H and O–H groups in total. The lowest BCUT2D eigenvalue weighted by atomic mass is 10.2. The van der Waals surface area contributed by atoms with Gasteiger partial charge in [0, 0.05) is 22.6 Å². The Balaban J connectivity index is 2.04. The Morgan fingerprint density at radius 2 is 2.05 bits per heavy atom. The number of hydrogen-bond donors (Lipinski definition) is 1. The summed E-state index contributed by atoms with van der Waals surface area (Å²) < 4.78 is 0.890. The fourth-order valence-electron chi connectivity index (χ4n) is 1.93. The van der Waals surface area contributed by atoms with Gasteiger partial charge in [-0.25, -0.2) is 0 Å². The number of nitrogens with one attached hydrogen (secondary N) is 1. The van der Waals surface area contributed by atoms with E-state index < -0.39 is 0 Å². The van der Waals surface area contributed by atoms with E-state index in [0.29, 0.717) is 5.56 Å². The Morgan fingerprint density at radius 3 is 2.90 bits per heavy atom. The van der Waals surface area contributed by atoms with E-state index in [1.807, 2.05) is 24.3 Å². The summed E-state index contributed by atoms with van der Waals surface area (Å²) in [5, 5.41) is 12.2. The minimum absolute atomic E-state index is 0.615. The van der Waals surface area contributed by atoms with Crippen LogP contribution in [0.1, 0.15) is 5.56 Å². The first kappa shape index (κ1) is 12.6. The Labute approximate surface area is 124 Å². The van der Waals surface area contributed by atoms with Crippen molar-refractivity contribution in [3.8, 4) is 6.07 Å². The molecule has 0 unspecified atom stereocenters. The van der Waals surface area contributed by atoms with E-state index in [1.54, 1.807) is 24.5 Å². The zero-order chi connectivity index (χ0) is 13.9. The van der Waals surface area contributed by atoms with E-state index in [4.69, 9.17) is 5.26 Å². The number of nitriles is 1. The van der Waals surface area contributed by atoms with Gasteiger partial charge >= 0.3 is 0 Å². The Morgan fingerprint density at radius 1 is 1.15 bits per heavy atom. The van der Waals surface area contributed by atoms with Crippen molar-refractivity contribution in [3.63, 3.8) is 0 Å². The van der Waals surface area contributed by atoms with Crippen LogP contribution >= 0.6 is 15.9 Å². The minimum atomic E-state index is 0.615. The molecule has 0 radical (unpaired) electrons. The van der Waals surface area contributed by atoms with Gasteiger partial charge in [0.1, 0.15) is 5.52 Å². The maximum Gasteiger partial charge on any atom is 0.112 e. The molecule has 0 aliphatic carbocycles. The average Bonchev–Trinajstić information content (AvgIpc) is 2.47. The molecule has 0 aliphatic heterocycles. The second-order valence-electron chi connectivity index (χ2n) is 4.20. The maximum atomic E-state index is 8.93. The van der Waals surface area contributed by atoms with Gasteiger partial charge in [-0.2, -0.15) is 5.26 Å². The molecule has 2 aromatic heterocycles. The topological polar surface area (TPSA) is 61.6 Å². The van der Waals surface area contributed by atoms with Crippen LogP contribution in [0.3, 0.4) is 0 Å². The van der Waals surface area contributed by atoms with Crippen LogP contribution in [-0.4, -0.2) is 9.97 Å². The van der Waals surface area contributed by atoms with Gasteiger partial charge < -0.3 is 5.32 Å². The average molecular weight is 325 g/mol. The third kappa shape index (κ3) is 2.46. The van der Waals surface area contributed by atoms with E-state index >= 15 is 0 Å². The fourth-order valence-corrected chi connectivity index (χ4v) is 2.25. The van der Waals surface area contributed by atoms with Crippen molar-refractivity contribution in [1.82, 2.24) is 9.97 Å². The zero-order valence-corrected chi connectivity index (χ0v) is 11.9. The third-order valence-electron chi connectivity index (χ3n) is 2.81. The van der Waals surface area contributed by atoms with E-state index in [1.165, 1.54) is 0 Å². The highest BCUT2D eigenvalue weighted by Crippen LogP contribution is 2.25. The Bertz CT molecular complexity index is 823. The molecule has 0 aliphatic rings. The molecule has 0 bridgehead atoms. The number of rotatable bonds is 2. The van der Waals surface area contributed by atoms with Crippen LogP contribution in [0.25, 0.3) is 11.0 Å². The molecule has 20 heavy (non-hydrogen) atoms. The first-order chi connectivity index (χ1) is 9.76. The van der Waals surface area contributed by atoms with Crippen molar-refractivity contribution in [2.45, 2.75) is 0 Å². The molecule has 0 saturated heterocycles. The molecule has 4 nitrogen and oxygen atoms in total. The van der Waals surface area contributed by atoms with Crippen LogP contribution in [0, 0.1) is 11.3 Å². The number of hydrogen-bond acceptors (Lipinski definition) is 4. The summed E-state index contributed by atoms with van der Waals surface area (Å²) >= 11 is 3.38. The summed E-state index contributed by atoms with van der Waals surface area (Å²) in [5.41, 5.74) is 3.92. The standard InChI is InChI=1S/C15H9BrN4/c16-11-7-14-15(19-9-11)13(4-5-18-14)20-12-3-1-2-10(6-12)8-17/h1-7,9H,(H,18,20). The summed E-state index contributed by atoms with van der Waals surface area (Å²) in [6, 6.07) is 13.2. The highest BCUT2D eigenvalue weighted by atomic mass is 79.9. The van der Waals surface area contributed by atoms with Gasteiger partial charge in [0.15, 0.2) is 0 Å². The second kappa shape index (κ2) is 5.27. The summed E-state index contributed by atoms with van der Waals surface area (Å²) in [7, 11) is 0. The largest absolute Gasteiger partial charge is 0.354 e. The maximum absolute atomic E-state index is 8.93. The van der Waals surface area contributed by atoms with Crippen molar-refractivity contribution in [2.75, 3.05) is 5.32 Å². The Hall–Kier alpha value is -2.45. The van der Waals surface area contributed by atoms with Gasteiger partial charge in [-0.15, -0.1) is 0 Å². The van der Waals surface area contributed by atoms with Crippen LogP contribution in [0.5, 0.6) is 0 Å². The van der Waals surface area contributed by atoms with Gasteiger partial charge in [-0.05, 0) is 46.3 Å². The number of fused-ring (bicyclic) bond motifs is 1. The SMILES string of the molecule is N#Cc1cccc(Nc2ccnc3cc(Br)cnc23)c1. The van der Waals surface area contributed by atoms with E-state index in [2.05, 4.69) is 37.3 Å². The number of halogens is 1. The lowest BCUT2D eigenvalue weighted by Gasteiger charge is -2.09. The molecule has 0 spiro atoms. The molecule has 3 aromatic rings. The molecule has 0 fully saturated rings. The summed E-state index contributed by atoms with van der Waals surface area (Å²) in [5.74, 6) is 0. The molecular weight excluding hydrogens is 316 g/mol. The molecular formula is C15H9BrN4. The second-order valence-corrected chi connectivity index (χ2v) is 5.11. The number of benzene rings is 1. The fraction of sp³-hybridized carbons (Fsp3) is 0. The van der Waals surface area contributed by atoms with Gasteiger partial charge in [0.05, 0.1) is 22.8 Å². The number of pyridine rings is 2. The third-order valence-corrected chi connectivity index (χ3v) is 3.25. The van der Waals surface area contributed by atoms with E-state index in [-0.39, 0.29) is 0 Å². The lowest BCUT2D eigenvalue weighted by Crippen LogP contribution is -1.94. The lowest BCUT2D eigenvalue weighted by molar-refractivity contribution is 1.32. The smallest absolute Gasteiger partial charge is 0.112 e. The van der Waals surface area contributed by atoms with Crippen LogP contribution in [-0.2, 0) is 0 Å². The molecule has 5 heteroatoms. The van der Waals surface area contributed by atoms with Crippen molar-refractivity contribution < 1.29 is 0 Å². The van der Waals surface area contributed by atoms with Gasteiger partial charge in [-0.1, -0.05) is 6.07 Å². The highest BCUT2D eigenvalue weighted by molar-refractivity contribution is 9.10. The predicted octanol–water partition coefficient (Wildman–Crippen LogP) is 4.01. The van der Waals surface area contributed by atoms with Crippen LogP contribution in [0.2, 0.25) is 0 Å². The first-order valence-corrected chi connectivity index (χ1v) is 6.73. The van der Waals surface area contributed by atoms with Gasteiger partial charge in [0.25, 0.3) is 0 Å². The molecule has 2 heterocycles. The molecule has 0 saturated carbocycles. The summed E-state index contributed by atoms with van der Waals surface area (Å²) in [6.07, 6.45) is 3.47. The number of nitrogens with zero attached hydrogens (tertiary/aromatic N) is 3. The quantitative estimate of drug-likeness (QED) is 0.773. The van der Waals surface area contributed by atoms with Crippen molar-refractivity contribution in [2.24, 2.45) is 0 Å². The number of aromatic nitrogens is 2. The van der Waals surface area contributed by atoms with Crippen molar-refractivity contribution in [3.05, 3.63) is 58.8 Å². The summed E-state index contributed by atoms with van der Waals surface area (Å²) in [6.45, 7) is 0. The van der Waals surface area contributed by atoms with E-state index in [9.17, 15) is 0 Å². The zero-order valence-electron chi connectivity index (χ0n) is 10.3. The molecule has 0 amide bonds. The van der Waals surface area contributed by atoms with Crippen LogP contribution < -0.4 is 5.32 Å². The molecule has 3 rings (SSSR count). The van der Waals surface area contributed by atoms with Crippen molar-refractivity contribution >= 4 is 38.3 Å². The normalized spacial score (nSPS) is 10.2. The van der Waals surface area contributed by atoms with Gasteiger partial charge in [-0.3, -0.25) is 9.97 Å². The van der Waals surface area contributed by atoms with E-state index in [0.717, 1.165) is 26.9 Å². The van der Waals surface area contributed by atoms with Crippen LogP contribution in [0.15, 0.2) is 53.3 Å². The van der Waals surface area contributed by atoms with Crippen LogP contribution in [0.4, 0.5) is 11.4 Å². The predicted molar refractivity (Wildman–Crippen MR) is 81.7 cm³/mol. The molecule has 96 valence electrons. The molecule has 0 atom stereocenters. The highest BCUT2D eigenvalue weighted by Gasteiger charge is 2.05. The molecule has 1 aromatic carbocycles. The summed E-state index contributed by atoms with van der Waals surface area (Å²) in [4.78, 5) is 8.68. The Kier molecular flexibility index (Phi) is 3.32. The number of anilines is 2.